The maximum atomic E-state index is 6.30. The Labute approximate surface area is 225 Å². The van der Waals surface area contributed by atoms with E-state index in [2.05, 4.69) is 102 Å². The number of hydrogen-bond acceptors (Lipinski definition) is 6. The van der Waals surface area contributed by atoms with Crippen molar-refractivity contribution in [3.8, 4) is 11.1 Å². The van der Waals surface area contributed by atoms with E-state index in [1.165, 1.54) is 29.7 Å². The van der Waals surface area contributed by atoms with Crippen molar-refractivity contribution < 1.29 is 0 Å². The molecule has 2 aromatic carbocycles. The number of aryl methyl sites for hydroxylation is 1. The minimum atomic E-state index is 0.286. The maximum absolute atomic E-state index is 6.30. The van der Waals surface area contributed by atoms with Crippen molar-refractivity contribution in [3.05, 3.63) is 71.2 Å². The molecular formula is C30H40N8. The molecule has 6 N–H and O–H groups in total. The molecule has 200 valence electrons. The van der Waals surface area contributed by atoms with Crippen LogP contribution in [0.2, 0.25) is 0 Å². The summed E-state index contributed by atoms with van der Waals surface area (Å²) in [4.78, 5) is 7.40. The number of allylic oxidation sites excluding steroid dienone is 1. The highest BCUT2D eigenvalue weighted by Crippen LogP contribution is 2.33. The number of hydrazone groups is 1. The first kappa shape index (κ1) is 25.9. The average molecular weight is 513 g/mol. The molecule has 1 saturated heterocycles. The van der Waals surface area contributed by atoms with Gasteiger partial charge in [0, 0.05) is 36.8 Å². The first-order chi connectivity index (χ1) is 18.4. The third-order valence-electron chi connectivity index (χ3n) is 7.82. The molecule has 0 aliphatic carbocycles. The number of aromatic nitrogens is 2. The van der Waals surface area contributed by atoms with Crippen LogP contribution in [0.4, 0.5) is 11.5 Å². The van der Waals surface area contributed by atoms with Crippen LogP contribution in [0.25, 0.3) is 16.7 Å². The Morgan fingerprint density at radius 2 is 1.87 bits per heavy atom. The molecule has 0 amide bonds. The summed E-state index contributed by atoms with van der Waals surface area (Å²) in [5.74, 6) is 8.80. The number of fused-ring (bicyclic) bond motifs is 1. The van der Waals surface area contributed by atoms with E-state index in [-0.39, 0.29) is 6.04 Å². The first-order valence-corrected chi connectivity index (χ1v) is 13.7. The molecule has 2 aliphatic heterocycles. The average Bonchev–Trinajstić information content (AvgIpc) is 3.27. The van der Waals surface area contributed by atoms with Crippen LogP contribution in [0.3, 0.4) is 0 Å². The zero-order valence-corrected chi connectivity index (χ0v) is 23.0. The lowest BCUT2D eigenvalue weighted by atomic mass is 9.95. The number of nitrogens with zero attached hydrogens (tertiary/aromatic N) is 4. The minimum Gasteiger partial charge on any atom is -0.382 e. The summed E-state index contributed by atoms with van der Waals surface area (Å²) in [7, 11) is 0. The summed E-state index contributed by atoms with van der Waals surface area (Å²) in [5, 5.41) is 7.68. The van der Waals surface area contributed by atoms with E-state index in [9.17, 15) is 0 Å². The lowest BCUT2D eigenvalue weighted by Crippen LogP contribution is -2.32. The van der Waals surface area contributed by atoms with Crippen LogP contribution >= 0.6 is 0 Å². The fourth-order valence-corrected chi connectivity index (χ4v) is 5.63. The molecule has 3 aromatic rings. The number of hydrazine groups is 1. The van der Waals surface area contributed by atoms with Crippen molar-refractivity contribution in [1.29, 1.82) is 0 Å². The van der Waals surface area contributed by atoms with Gasteiger partial charge >= 0.3 is 0 Å². The number of anilines is 2. The monoisotopic (exact) mass is 512 g/mol. The summed E-state index contributed by atoms with van der Waals surface area (Å²) in [6, 6.07) is 15.5. The van der Waals surface area contributed by atoms with Gasteiger partial charge in [-0.25, -0.2) is 16.4 Å². The summed E-state index contributed by atoms with van der Waals surface area (Å²) < 4.78 is 2.32. The Hall–Kier alpha value is -3.78. The molecule has 0 spiro atoms. The van der Waals surface area contributed by atoms with Gasteiger partial charge in [0.15, 0.2) is 5.84 Å². The van der Waals surface area contributed by atoms with Crippen molar-refractivity contribution in [1.82, 2.24) is 15.1 Å². The zero-order chi connectivity index (χ0) is 26.8. The Balaban J connectivity index is 1.46. The maximum Gasteiger partial charge on any atom is 0.152 e. The largest absolute Gasteiger partial charge is 0.382 e. The predicted molar refractivity (Wildman–Crippen MR) is 158 cm³/mol. The van der Waals surface area contributed by atoms with Gasteiger partial charge in [-0.15, -0.1) is 5.10 Å². The number of nitrogens with one attached hydrogen (secondary N) is 2. The Morgan fingerprint density at radius 1 is 1.13 bits per heavy atom. The van der Waals surface area contributed by atoms with Gasteiger partial charge in [0.1, 0.15) is 17.3 Å². The Kier molecular flexibility index (Phi) is 7.42. The fraction of sp³-hybridized carbons (Fsp3) is 0.400. The van der Waals surface area contributed by atoms with Crippen LogP contribution in [0.1, 0.15) is 63.2 Å². The highest BCUT2D eigenvalue weighted by atomic mass is 15.5. The number of piperidine rings is 1. The van der Waals surface area contributed by atoms with E-state index in [1.807, 2.05) is 0 Å². The number of imidazole rings is 1. The van der Waals surface area contributed by atoms with Crippen molar-refractivity contribution in [2.45, 2.75) is 59.5 Å². The molecule has 1 aromatic heterocycles. The molecule has 1 fully saturated rings. The van der Waals surface area contributed by atoms with Gasteiger partial charge in [0.25, 0.3) is 0 Å². The molecule has 8 heteroatoms. The Bertz CT molecular complexity index is 1340. The highest BCUT2D eigenvalue weighted by Gasteiger charge is 2.23. The second-order valence-corrected chi connectivity index (χ2v) is 10.7. The normalized spacial score (nSPS) is 18.1. The van der Waals surface area contributed by atoms with E-state index in [1.54, 1.807) is 0 Å². The number of rotatable bonds is 7. The van der Waals surface area contributed by atoms with Crippen LogP contribution in [0, 0.1) is 5.92 Å². The van der Waals surface area contributed by atoms with Crippen LogP contribution in [-0.2, 0) is 13.0 Å². The number of benzene rings is 2. The van der Waals surface area contributed by atoms with Crippen LogP contribution in [0.15, 0.2) is 53.6 Å². The molecule has 0 radical (unpaired) electrons. The van der Waals surface area contributed by atoms with Gasteiger partial charge in [-0.1, -0.05) is 44.2 Å². The third kappa shape index (κ3) is 5.13. The van der Waals surface area contributed by atoms with Gasteiger partial charge in [-0.3, -0.25) is 0 Å². The van der Waals surface area contributed by atoms with Gasteiger partial charge in [-0.2, -0.15) is 0 Å². The van der Waals surface area contributed by atoms with E-state index in [0.29, 0.717) is 5.84 Å². The Morgan fingerprint density at radius 3 is 2.55 bits per heavy atom. The SMILES string of the molecule is CCc1nc2c(n1Cc1ccc(-c3cc(N4CCC(C)CC4)ccc3/C(N)=N/NN)cc1)NC(C)C=C2C. The molecule has 0 saturated carbocycles. The van der Waals surface area contributed by atoms with Crippen molar-refractivity contribution >= 4 is 22.9 Å². The molecule has 1 atom stereocenters. The van der Waals surface area contributed by atoms with Gasteiger partial charge in [0.05, 0.1) is 6.54 Å². The second-order valence-electron chi connectivity index (χ2n) is 10.7. The van der Waals surface area contributed by atoms with E-state index in [4.69, 9.17) is 16.6 Å². The van der Waals surface area contributed by atoms with Gasteiger partial charge in [0.2, 0.25) is 0 Å². The lowest BCUT2D eigenvalue weighted by molar-refractivity contribution is 0.438. The van der Waals surface area contributed by atoms with Crippen LogP contribution in [-0.4, -0.2) is 34.5 Å². The molecule has 0 bridgehead atoms. The fourth-order valence-electron chi connectivity index (χ4n) is 5.63. The summed E-state index contributed by atoms with van der Waals surface area (Å²) in [6.45, 7) is 11.7. The lowest BCUT2D eigenvalue weighted by Gasteiger charge is -2.32. The highest BCUT2D eigenvalue weighted by molar-refractivity contribution is 6.04. The first-order valence-electron chi connectivity index (χ1n) is 13.7. The van der Waals surface area contributed by atoms with Crippen molar-refractivity contribution in [2.24, 2.45) is 22.6 Å². The van der Waals surface area contributed by atoms with Crippen LogP contribution < -0.4 is 27.3 Å². The number of amidine groups is 1. The van der Waals surface area contributed by atoms with Gasteiger partial charge in [-0.05, 0) is 73.1 Å². The van der Waals surface area contributed by atoms with Crippen molar-refractivity contribution in [3.63, 3.8) is 0 Å². The summed E-state index contributed by atoms with van der Waals surface area (Å²) in [6.07, 6.45) is 5.55. The molecule has 1 unspecified atom stereocenters. The molecular weight excluding hydrogens is 472 g/mol. The quantitative estimate of drug-likeness (QED) is 0.158. The molecule has 8 nitrogen and oxygen atoms in total. The standard InChI is InChI=1S/C30H40N8/c1-5-27-34-28-20(3)16-21(4)33-30(28)38(27)18-22-6-8-23(9-7-22)26-17-24(37-14-12-19(2)13-15-37)10-11-25(26)29(31)35-36-32/h6-11,16-17,19,21,33,36H,5,12-15,18,32H2,1-4H3,(H2,31,35). The van der Waals surface area contributed by atoms with E-state index < -0.39 is 0 Å². The molecule has 2 aliphatic rings. The summed E-state index contributed by atoms with van der Waals surface area (Å²) >= 11 is 0. The number of nitrogens with two attached hydrogens (primary N) is 2. The zero-order valence-electron chi connectivity index (χ0n) is 23.0. The smallest absolute Gasteiger partial charge is 0.152 e. The summed E-state index contributed by atoms with van der Waals surface area (Å²) in [5.41, 5.74) is 16.4. The second kappa shape index (κ2) is 10.9. The number of hydrogen-bond donors (Lipinski definition) is 4. The molecule has 38 heavy (non-hydrogen) atoms. The van der Waals surface area contributed by atoms with E-state index >= 15 is 0 Å². The predicted octanol–water partition coefficient (Wildman–Crippen LogP) is 4.70. The molecule has 5 rings (SSSR count). The minimum absolute atomic E-state index is 0.286. The molecule has 3 heterocycles. The van der Waals surface area contributed by atoms with Gasteiger partial charge < -0.3 is 20.5 Å². The third-order valence-corrected chi connectivity index (χ3v) is 7.82. The van der Waals surface area contributed by atoms with E-state index in [0.717, 1.165) is 66.0 Å². The van der Waals surface area contributed by atoms with Crippen molar-refractivity contribution in [2.75, 3.05) is 23.3 Å². The van der Waals surface area contributed by atoms with Crippen LogP contribution in [0.5, 0.6) is 0 Å². The topological polar surface area (TPSA) is 110 Å².